The topological polar surface area (TPSA) is 53.9 Å². The molecule has 0 saturated heterocycles. The first-order valence-electron chi connectivity index (χ1n) is 6.94. The molecule has 0 aliphatic carbocycles. The average molecular weight is 346 g/mol. The van der Waals surface area contributed by atoms with Gasteiger partial charge in [0.25, 0.3) is 0 Å². The Morgan fingerprint density at radius 2 is 1.65 bits per heavy atom. The van der Waals surface area contributed by atoms with Gasteiger partial charge in [-0.15, -0.1) is 0 Å². The average Bonchev–Trinajstić information content (AvgIpc) is 2.47. The van der Waals surface area contributed by atoms with E-state index in [1.807, 2.05) is 18.7 Å². The Balaban J connectivity index is 2.23. The summed E-state index contributed by atoms with van der Waals surface area (Å²) in [5.41, 5.74) is -0.300. The quantitative estimate of drug-likeness (QED) is 0.882. The standard InChI is InChI=1S/C14H15ClF3N5/c1-3-23(4-2)13-21-11(15)20-12(22-13)19-10-7-5-9(6-8-10)14(16,17)18/h5-8H,3-4H2,1-2H3,(H,19,20,21,22). The van der Waals surface area contributed by atoms with Crippen molar-refractivity contribution in [2.24, 2.45) is 0 Å². The van der Waals surface area contributed by atoms with E-state index in [0.29, 0.717) is 24.7 Å². The van der Waals surface area contributed by atoms with Crippen LogP contribution in [0.5, 0.6) is 0 Å². The lowest BCUT2D eigenvalue weighted by Crippen LogP contribution is -2.24. The van der Waals surface area contributed by atoms with Gasteiger partial charge in [-0.25, -0.2) is 0 Å². The zero-order valence-corrected chi connectivity index (χ0v) is 13.3. The van der Waals surface area contributed by atoms with E-state index in [9.17, 15) is 13.2 Å². The first kappa shape index (κ1) is 17.3. The third-order valence-corrected chi connectivity index (χ3v) is 3.28. The number of hydrogen-bond donors (Lipinski definition) is 1. The highest BCUT2D eigenvalue weighted by Gasteiger charge is 2.29. The van der Waals surface area contributed by atoms with Crippen LogP contribution in [-0.2, 0) is 6.18 Å². The molecule has 0 bridgehead atoms. The number of rotatable bonds is 5. The van der Waals surface area contributed by atoms with Crippen LogP contribution in [0.4, 0.5) is 30.8 Å². The molecule has 0 atom stereocenters. The van der Waals surface area contributed by atoms with E-state index in [0.717, 1.165) is 12.1 Å². The number of nitrogens with zero attached hydrogens (tertiary/aromatic N) is 4. The minimum atomic E-state index is -4.37. The van der Waals surface area contributed by atoms with Crippen LogP contribution in [0.3, 0.4) is 0 Å². The number of alkyl halides is 3. The fourth-order valence-electron chi connectivity index (χ4n) is 1.92. The van der Waals surface area contributed by atoms with Crippen LogP contribution in [-0.4, -0.2) is 28.0 Å². The van der Waals surface area contributed by atoms with Gasteiger partial charge >= 0.3 is 6.18 Å². The SMILES string of the molecule is CCN(CC)c1nc(Cl)nc(Nc2ccc(C(F)(F)F)cc2)n1. The molecule has 0 aliphatic heterocycles. The van der Waals surface area contributed by atoms with Crippen LogP contribution >= 0.6 is 11.6 Å². The molecular formula is C14H15ClF3N5. The number of aromatic nitrogens is 3. The lowest BCUT2D eigenvalue weighted by molar-refractivity contribution is -0.137. The number of anilines is 3. The molecule has 1 aromatic heterocycles. The van der Waals surface area contributed by atoms with Gasteiger partial charge in [-0.05, 0) is 49.7 Å². The van der Waals surface area contributed by atoms with Crippen molar-refractivity contribution in [1.82, 2.24) is 15.0 Å². The molecule has 0 unspecified atom stereocenters. The number of benzene rings is 1. The van der Waals surface area contributed by atoms with Crippen LogP contribution in [0, 0.1) is 0 Å². The first-order chi connectivity index (χ1) is 10.8. The summed E-state index contributed by atoms with van der Waals surface area (Å²) >= 11 is 5.88. The maximum Gasteiger partial charge on any atom is 0.416 e. The Kier molecular flexibility index (Phi) is 5.25. The van der Waals surface area contributed by atoms with Gasteiger partial charge < -0.3 is 10.2 Å². The highest BCUT2D eigenvalue weighted by molar-refractivity contribution is 6.28. The molecule has 23 heavy (non-hydrogen) atoms. The lowest BCUT2D eigenvalue weighted by Gasteiger charge is -2.18. The summed E-state index contributed by atoms with van der Waals surface area (Å²) in [7, 11) is 0. The molecule has 2 aromatic rings. The fourth-order valence-corrected chi connectivity index (χ4v) is 2.07. The summed E-state index contributed by atoms with van der Waals surface area (Å²) < 4.78 is 37.6. The van der Waals surface area contributed by atoms with Gasteiger partial charge in [0.05, 0.1) is 5.56 Å². The third kappa shape index (κ3) is 4.44. The molecule has 0 fully saturated rings. The maximum atomic E-state index is 12.5. The van der Waals surface area contributed by atoms with E-state index in [-0.39, 0.29) is 11.2 Å². The van der Waals surface area contributed by atoms with Crippen LogP contribution in [0.1, 0.15) is 19.4 Å². The summed E-state index contributed by atoms with van der Waals surface area (Å²) in [4.78, 5) is 14.1. The van der Waals surface area contributed by atoms with E-state index >= 15 is 0 Å². The van der Waals surface area contributed by atoms with Gasteiger partial charge in [-0.2, -0.15) is 28.1 Å². The third-order valence-electron chi connectivity index (χ3n) is 3.11. The number of hydrogen-bond acceptors (Lipinski definition) is 5. The molecule has 0 amide bonds. The summed E-state index contributed by atoms with van der Waals surface area (Å²) in [5.74, 6) is 0.580. The zero-order valence-electron chi connectivity index (χ0n) is 12.5. The van der Waals surface area contributed by atoms with E-state index in [2.05, 4.69) is 20.3 Å². The molecule has 1 aromatic carbocycles. The Bertz CT molecular complexity index is 656. The van der Waals surface area contributed by atoms with Gasteiger partial charge in [-0.1, -0.05) is 0 Å². The van der Waals surface area contributed by atoms with Crippen LogP contribution < -0.4 is 10.2 Å². The minimum Gasteiger partial charge on any atom is -0.341 e. The van der Waals surface area contributed by atoms with Crippen molar-refractivity contribution in [2.75, 3.05) is 23.3 Å². The highest BCUT2D eigenvalue weighted by atomic mass is 35.5. The second-order valence-electron chi connectivity index (χ2n) is 4.60. The van der Waals surface area contributed by atoms with Gasteiger partial charge in [0.15, 0.2) is 0 Å². The van der Waals surface area contributed by atoms with Gasteiger partial charge in [-0.3, -0.25) is 0 Å². The summed E-state index contributed by atoms with van der Waals surface area (Å²) in [6, 6.07) is 4.57. The van der Waals surface area contributed by atoms with Crippen molar-refractivity contribution < 1.29 is 13.2 Å². The van der Waals surface area contributed by atoms with Crippen LogP contribution in [0.25, 0.3) is 0 Å². The minimum absolute atomic E-state index is 0.0105. The van der Waals surface area contributed by atoms with Crippen LogP contribution in [0.15, 0.2) is 24.3 Å². The predicted molar refractivity (Wildman–Crippen MR) is 83.1 cm³/mol. The zero-order chi connectivity index (χ0) is 17.0. The van der Waals surface area contributed by atoms with Crippen molar-refractivity contribution in [3.63, 3.8) is 0 Å². The van der Waals surface area contributed by atoms with E-state index < -0.39 is 11.7 Å². The largest absolute Gasteiger partial charge is 0.416 e. The molecular weight excluding hydrogens is 331 g/mol. The summed E-state index contributed by atoms with van der Waals surface area (Å²) in [6.07, 6.45) is -4.37. The Morgan fingerprint density at radius 1 is 1.04 bits per heavy atom. The number of halogens is 4. The van der Waals surface area contributed by atoms with Crippen molar-refractivity contribution in [3.05, 3.63) is 35.1 Å². The molecule has 1 heterocycles. The van der Waals surface area contributed by atoms with Gasteiger partial charge in [0, 0.05) is 18.8 Å². The molecule has 0 aliphatic rings. The molecule has 9 heteroatoms. The lowest BCUT2D eigenvalue weighted by atomic mass is 10.2. The van der Waals surface area contributed by atoms with Crippen molar-refractivity contribution in [3.8, 4) is 0 Å². The molecule has 124 valence electrons. The first-order valence-corrected chi connectivity index (χ1v) is 7.32. The van der Waals surface area contributed by atoms with Gasteiger partial charge in [0.1, 0.15) is 0 Å². The molecule has 2 rings (SSSR count). The second-order valence-corrected chi connectivity index (χ2v) is 4.94. The molecule has 0 spiro atoms. The van der Waals surface area contributed by atoms with Crippen molar-refractivity contribution in [2.45, 2.75) is 20.0 Å². The van der Waals surface area contributed by atoms with E-state index in [1.54, 1.807) is 0 Å². The molecule has 0 radical (unpaired) electrons. The molecule has 0 saturated carbocycles. The van der Waals surface area contributed by atoms with Crippen molar-refractivity contribution in [1.29, 1.82) is 0 Å². The summed E-state index contributed by atoms with van der Waals surface area (Å²) in [5, 5.41) is 2.84. The highest BCUT2D eigenvalue weighted by Crippen LogP contribution is 2.30. The Hall–Kier alpha value is -2.09. The number of nitrogens with one attached hydrogen (secondary N) is 1. The maximum absolute atomic E-state index is 12.5. The smallest absolute Gasteiger partial charge is 0.341 e. The monoisotopic (exact) mass is 345 g/mol. The predicted octanol–water partition coefficient (Wildman–Crippen LogP) is 4.13. The van der Waals surface area contributed by atoms with Crippen molar-refractivity contribution >= 4 is 29.2 Å². The summed E-state index contributed by atoms with van der Waals surface area (Å²) in [6.45, 7) is 5.28. The molecule has 1 N–H and O–H groups in total. The van der Waals surface area contributed by atoms with E-state index in [4.69, 9.17) is 11.6 Å². The fraction of sp³-hybridized carbons (Fsp3) is 0.357. The Labute approximate surface area is 136 Å². The van der Waals surface area contributed by atoms with E-state index in [1.165, 1.54) is 12.1 Å². The Morgan fingerprint density at radius 3 is 2.17 bits per heavy atom. The second kappa shape index (κ2) is 6.99. The van der Waals surface area contributed by atoms with Crippen LogP contribution in [0.2, 0.25) is 5.28 Å². The van der Waals surface area contributed by atoms with Gasteiger partial charge in [0.2, 0.25) is 17.2 Å². The normalized spacial score (nSPS) is 11.4. The molecule has 5 nitrogen and oxygen atoms in total.